The smallest absolute Gasteiger partial charge is 0.306 e. The van der Waals surface area contributed by atoms with Gasteiger partial charge in [-0.3, -0.25) is 24.5 Å². The van der Waals surface area contributed by atoms with Gasteiger partial charge in [0.15, 0.2) is 6.29 Å². The van der Waals surface area contributed by atoms with Crippen molar-refractivity contribution in [2.75, 3.05) is 26.3 Å². The molecule has 2 heterocycles. The molecule has 1 fully saturated rings. The Morgan fingerprint density at radius 1 is 1.11 bits per heavy atom. The highest BCUT2D eigenvalue weighted by Gasteiger charge is 2.35. The molecule has 1 aliphatic rings. The van der Waals surface area contributed by atoms with Crippen LogP contribution in [0.1, 0.15) is 82.0 Å². The Labute approximate surface area is 283 Å². The summed E-state index contributed by atoms with van der Waals surface area (Å²) in [4.78, 5) is 51.5. The summed E-state index contributed by atoms with van der Waals surface area (Å²) in [5.41, 5.74) is 0.628. The lowest BCUT2D eigenvalue weighted by molar-refractivity contribution is -0.385. The fourth-order valence-corrected chi connectivity index (χ4v) is 6.50. The van der Waals surface area contributed by atoms with Crippen LogP contribution in [0, 0.1) is 10.1 Å². The number of benzene rings is 1. The third-order valence-electron chi connectivity index (χ3n) is 6.73. The van der Waals surface area contributed by atoms with Crippen LogP contribution in [0.3, 0.4) is 0 Å². The minimum atomic E-state index is -0.761. The van der Waals surface area contributed by atoms with E-state index < -0.39 is 22.8 Å². The van der Waals surface area contributed by atoms with Crippen LogP contribution in [0.2, 0.25) is 0 Å². The highest BCUT2D eigenvalue weighted by molar-refractivity contribution is 8.76. The van der Waals surface area contributed by atoms with Gasteiger partial charge in [0.25, 0.3) is 11.6 Å². The van der Waals surface area contributed by atoms with Crippen molar-refractivity contribution in [2.24, 2.45) is 0 Å². The van der Waals surface area contributed by atoms with Crippen LogP contribution in [-0.4, -0.2) is 77.6 Å². The monoisotopic (exact) mass is 692 g/mol. The first kappa shape index (κ1) is 38.2. The summed E-state index contributed by atoms with van der Waals surface area (Å²) in [6.45, 7) is 12.4. The summed E-state index contributed by atoms with van der Waals surface area (Å²) in [5, 5.41) is 17.0. The number of carbonyl (C=O) groups is 3. The molecule has 47 heavy (non-hydrogen) atoms. The van der Waals surface area contributed by atoms with Crippen molar-refractivity contribution in [1.82, 2.24) is 15.6 Å². The van der Waals surface area contributed by atoms with Crippen molar-refractivity contribution >= 4 is 45.1 Å². The number of amides is 2. The van der Waals surface area contributed by atoms with E-state index in [9.17, 15) is 24.5 Å². The van der Waals surface area contributed by atoms with E-state index in [1.807, 2.05) is 53.7 Å². The van der Waals surface area contributed by atoms with Gasteiger partial charge < -0.3 is 29.6 Å². The topological polar surface area (TPSA) is 168 Å². The van der Waals surface area contributed by atoms with E-state index in [-0.39, 0.29) is 67.0 Å². The molecule has 2 aromatic rings. The second-order valence-corrected chi connectivity index (χ2v) is 15.1. The minimum absolute atomic E-state index is 0.0562. The number of carbonyl (C=O) groups excluding carboxylic acids is 3. The minimum Gasteiger partial charge on any atom is -0.460 e. The van der Waals surface area contributed by atoms with Crippen molar-refractivity contribution in [1.29, 1.82) is 0 Å². The number of aromatic nitrogens is 1. The molecule has 0 spiro atoms. The maximum absolute atomic E-state index is 12.5. The van der Waals surface area contributed by atoms with Crippen LogP contribution in [0.15, 0.2) is 47.6 Å². The molecular weight excluding hydrogens is 649 g/mol. The number of ether oxygens (including phenoxy) is 4. The average Bonchev–Trinajstić information content (AvgIpc) is 3.36. The van der Waals surface area contributed by atoms with Crippen molar-refractivity contribution in [3.05, 3.63) is 63.8 Å². The van der Waals surface area contributed by atoms with Crippen molar-refractivity contribution in [3.63, 3.8) is 0 Å². The van der Waals surface area contributed by atoms with Gasteiger partial charge in [-0.15, -0.1) is 0 Å². The van der Waals surface area contributed by atoms with Crippen LogP contribution in [0.25, 0.3) is 0 Å². The third kappa shape index (κ3) is 14.2. The summed E-state index contributed by atoms with van der Waals surface area (Å²) in [5.74, 6) is -1.15. The summed E-state index contributed by atoms with van der Waals surface area (Å²) >= 11 is 0. The lowest BCUT2D eigenvalue weighted by atomic mass is 10.1. The molecule has 2 amide bonds. The zero-order chi connectivity index (χ0) is 34.6. The molecule has 3 rings (SSSR count). The molecule has 0 radical (unpaired) electrons. The van der Waals surface area contributed by atoms with Crippen molar-refractivity contribution in [3.8, 4) is 0 Å². The molecule has 15 heteroatoms. The Balaban J connectivity index is 1.31. The molecule has 0 bridgehead atoms. The Kier molecular flexibility index (Phi) is 14.5. The summed E-state index contributed by atoms with van der Waals surface area (Å²) in [7, 11) is 2.96. The van der Waals surface area contributed by atoms with Crippen LogP contribution >= 0.6 is 21.6 Å². The summed E-state index contributed by atoms with van der Waals surface area (Å²) in [6.07, 6.45) is 0.834. The quantitative estimate of drug-likeness (QED) is 0.0543. The number of nitrogens with one attached hydrogen (secondary N) is 2. The zero-order valence-electron chi connectivity index (χ0n) is 27.6. The average molecular weight is 693 g/mol. The number of hydrogen-bond acceptors (Lipinski definition) is 12. The Morgan fingerprint density at radius 3 is 2.40 bits per heavy atom. The molecule has 1 aliphatic heterocycles. The number of rotatable bonds is 17. The van der Waals surface area contributed by atoms with E-state index in [1.54, 1.807) is 29.0 Å². The van der Waals surface area contributed by atoms with E-state index in [2.05, 4.69) is 15.6 Å². The Bertz CT molecular complexity index is 1350. The predicted molar refractivity (Wildman–Crippen MR) is 179 cm³/mol. The highest BCUT2D eigenvalue weighted by atomic mass is 33.1. The molecule has 258 valence electrons. The van der Waals surface area contributed by atoms with E-state index >= 15 is 0 Å². The first-order valence-electron chi connectivity index (χ1n) is 15.3. The number of nitro groups is 1. The lowest BCUT2D eigenvalue weighted by Crippen LogP contribution is -2.37. The normalized spacial score (nSPS) is 17.0. The fourth-order valence-electron chi connectivity index (χ4n) is 4.41. The van der Waals surface area contributed by atoms with Gasteiger partial charge >= 0.3 is 5.97 Å². The molecule has 3 atom stereocenters. The van der Waals surface area contributed by atoms with Gasteiger partial charge in [-0.2, -0.15) is 0 Å². The third-order valence-corrected chi connectivity index (χ3v) is 9.47. The number of esters is 1. The van der Waals surface area contributed by atoms with Gasteiger partial charge in [0, 0.05) is 42.8 Å². The van der Waals surface area contributed by atoms with Gasteiger partial charge in [-0.05, 0) is 76.1 Å². The fraction of sp³-hybridized carbons (Fsp3) is 0.562. The van der Waals surface area contributed by atoms with Gasteiger partial charge in [0.05, 0.1) is 35.3 Å². The molecule has 3 unspecified atom stereocenters. The maximum Gasteiger partial charge on any atom is 0.306 e. The largest absolute Gasteiger partial charge is 0.460 e. The van der Waals surface area contributed by atoms with Gasteiger partial charge in [0.1, 0.15) is 17.8 Å². The molecule has 1 aromatic carbocycles. The zero-order valence-corrected chi connectivity index (χ0v) is 29.2. The SMILES string of the molecule is CC(SSc1ccc([N+](=O)[O-])cn1)c1ccc(C(=O)NCCNC(=O)CCC(=O)OCC(OC2COC(C)(C)C2)OC(C)(C)C)cc1. The van der Waals surface area contributed by atoms with Crippen LogP contribution < -0.4 is 10.6 Å². The van der Waals surface area contributed by atoms with Crippen LogP contribution in [-0.2, 0) is 28.5 Å². The van der Waals surface area contributed by atoms with Crippen molar-refractivity contribution < 1.29 is 38.3 Å². The molecule has 1 aromatic heterocycles. The summed E-state index contributed by atoms with van der Waals surface area (Å²) < 4.78 is 23.0. The number of nitrogens with zero attached hydrogens (tertiary/aromatic N) is 2. The van der Waals surface area contributed by atoms with Gasteiger partial charge in [-0.1, -0.05) is 22.9 Å². The van der Waals surface area contributed by atoms with Gasteiger partial charge in [0.2, 0.25) is 5.91 Å². The highest BCUT2D eigenvalue weighted by Crippen LogP contribution is 2.41. The second kappa shape index (κ2) is 17.8. The molecule has 0 aliphatic carbocycles. The van der Waals surface area contributed by atoms with E-state index in [0.29, 0.717) is 23.6 Å². The molecule has 13 nitrogen and oxygen atoms in total. The standard InChI is InChI=1S/C32H44N4O9S2/c1-21(46-47-27-13-11-24(18-35-27)36(40)41)22-7-9-23(10-8-22)30(39)34-16-15-33-26(37)12-14-28(38)42-20-29(45-31(2,3)4)44-25-17-32(5,6)43-19-25/h7-11,13,18,21,25,29H,12,14-17,19-20H2,1-6H3,(H,33,37)(H,34,39). The molecule has 1 saturated heterocycles. The van der Waals surface area contributed by atoms with Crippen molar-refractivity contribution in [2.45, 2.75) is 94.7 Å². The molecule has 2 N–H and O–H groups in total. The van der Waals surface area contributed by atoms with E-state index in [1.165, 1.54) is 23.1 Å². The molecular formula is C32H44N4O9S2. The number of pyridine rings is 1. The predicted octanol–water partition coefficient (Wildman–Crippen LogP) is 5.39. The first-order valence-corrected chi connectivity index (χ1v) is 17.5. The van der Waals surface area contributed by atoms with Crippen LogP contribution in [0.4, 0.5) is 5.69 Å². The first-order chi connectivity index (χ1) is 22.1. The molecule has 0 saturated carbocycles. The van der Waals surface area contributed by atoms with E-state index in [0.717, 1.165) is 5.56 Å². The maximum atomic E-state index is 12.5. The van der Waals surface area contributed by atoms with E-state index in [4.69, 9.17) is 18.9 Å². The summed E-state index contributed by atoms with van der Waals surface area (Å²) in [6, 6.07) is 10.2. The lowest BCUT2D eigenvalue weighted by Gasteiger charge is -2.29. The Hall–Kier alpha value is -3.24. The van der Waals surface area contributed by atoms with Crippen LogP contribution in [0.5, 0.6) is 0 Å². The Morgan fingerprint density at radius 2 is 1.81 bits per heavy atom. The second-order valence-electron chi connectivity index (χ2n) is 12.5. The number of hydrogen-bond donors (Lipinski definition) is 2. The van der Waals surface area contributed by atoms with Gasteiger partial charge in [-0.25, -0.2) is 4.98 Å².